The quantitative estimate of drug-likeness (QED) is 0.311. The van der Waals surface area contributed by atoms with E-state index in [2.05, 4.69) is 63.2 Å². The molecule has 5 nitrogen and oxygen atoms in total. The Hall–Kier alpha value is -4.12. The average molecular weight is 447 g/mol. The number of ether oxygens (including phenoxy) is 1. The van der Waals surface area contributed by atoms with Crippen molar-refractivity contribution in [2.45, 2.75) is 19.3 Å². The van der Waals surface area contributed by atoms with Crippen LogP contribution < -0.4 is 10.5 Å². The fourth-order valence-corrected chi connectivity index (χ4v) is 4.56. The molecule has 2 N–H and O–H groups in total. The van der Waals surface area contributed by atoms with Crippen LogP contribution in [0.2, 0.25) is 0 Å². The van der Waals surface area contributed by atoms with E-state index in [1.54, 1.807) is 13.4 Å². The maximum absolute atomic E-state index is 6.12. The topological polar surface area (TPSA) is 66.0 Å². The molecular formula is C29H26N4O. The fourth-order valence-electron chi connectivity index (χ4n) is 4.56. The smallest absolute Gasteiger partial charge is 0.140 e. The van der Waals surface area contributed by atoms with Gasteiger partial charge in [-0.2, -0.15) is 0 Å². The van der Waals surface area contributed by atoms with Crippen LogP contribution in [0.5, 0.6) is 5.75 Å². The molecule has 34 heavy (non-hydrogen) atoms. The first-order chi connectivity index (χ1) is 16.7. The first-order valence-corrected chi connectivity index (χ1v) is 11.6. The number of nitrogens with two attached hydrogens (primary N) is 1. The summed E-state index contributed by atoms with van der Waals surface area (Å²) in [7, 11) is 1.69. The molecule has 0 radical (unpaired) electrons. The van der Waals surface area contributed by atoms with Gasteiger partial charge in [0.05, 0.1) is 12.6 Å². The van der Waals surface area contributed by atoms with Crippen LogP contribution in [-0.2, 0) is 6.42 Å². The van der Waals surface area contributed by atoms with Crippen molar-refractivity contribution >= 4 is 16.6 Å². The predicted molar refractivity (Wildman–Crippen MR) is 137 cm³/mol. The fraction of sp³-hybridized carbons (Fsp3) is 0.172. The number of methoxy groups -OCH3 is 1. The van der Waals surface area contributed by atoms with Crippen molar-refractivity contribution in [1.29, 1.82) is 0 Å². The molecule has 0 aliphatic heterocycles. The van der Waals surface area contributed by atoms with Crippen molar-refractivity contribution in [3.8, 4) is 33.8 Å². The number of hydrogen-bond donors (Lipinski definition) is 1. The third-order valence-electron chi connectivity index (χ3n) is 6.58. The number of anilines is 1. The van der Waals surface area contributed by atoms with Crippen molar-refractivity contribution in [1.82, 2.24) is 14.5 Å². The van der Waals surface area contributed by atoms with Crippen LogP contribution in [0.25, 0.3) is 39.0 Å². The lowest BCUT2D eigenvalue weighted by Crippen LogP contribution is -2.00. The first-order valence-electron chi connectivity index (χ1n) is 11.6. The van der Waals surface area contributed by atoms with Gasteiger partial charge in [-0.15, -0.1) is 0 Å². The maximum Gasteiger partial charge on any atom is 0.140 e. The van der Waals surface area contributed by atoms with Crippen molar-refractivity contribution in [2.24, 2.45) is 5.92 Å². The van der Waals surface area contributed by atoms with Crippen LogP contribution in [0.1, 0.15) is 18.5 Å². The number of aromatic nitrogens is 3. The minimum absolute atomic E-state index is 0.752. The van der Waals surface area contributed by atoms with Crippen LogP contribution in [0.3, 0.4) is 0 Å². The van der Waals surface area contributed by atoms with Crippen LogP contribution in [0, 0.1) is 5.92 Å². The van der Waals surface area contributed by atoms with Gasteiger partial charge in [-0.1, -0.05) is 36.4 Å². The second kappa shape index (κ2) is 8.34. The molecule has 3 aromatic carbocycles. The molecule has 2 aromatic heterocycles. The zero-order chi connectivity index (χ0) is 23.1. The first kappa shape index (κ1) is 20.5. The van der Waals surface area contributed by atoms with Gasteiger partial charge in [-0.25, -0.2) is 9.97 Å². The average Bonchev–Trinajstić information content (AvgIpc) is 3.60. The summed E-state index contributed by atoms with van der Waals surface area (Å²) in [5.74, 6) is 2.51. The minimum Gasteiger partial charge on any atom is -0.497 e. The summed E-state index contributed by atoms with van der Waals surface area (Å²) >= 11 is 0. The maximum atomic E-state index is 6.12. The Morgan fingerprint density at radius 1 is 0.912 bits per heavy atom. The zero-order valence-electron chi connectivity index (χ0n) is 19.1. The Morgan fingerprint density at radius 2 is 1.74 bits per heavy atom. The van der Waals surface area contributed by atoms with Crippen molar-refractivity contribution < 1.29 is 4.74 Å². The summed E-state index contributed by atoms with van der Waals surface area (Å²) in [6.07, 6.45) is 7.48. The third-order valence-corrected chi connectivity index (χ3v) is 6.58. The monoisotopic (exact) mass is 446 g/mol. The highest BCUT2D eigenvalue weighted by Gasteiger charge is 2.22. The van der Waals surface area contributed by atoms with E-state index in [1.165, 1.54) is 12.8 Å². The molecule has 1 aliphatic carbocycles. The van der Waals surface area contributed by atoms with Gasteiger partial charge in [0.15, 0.2) is 0 Å². The lowest BCUT2D eigenvalue weighted by atomic mass is 10.0. The largest absolute Gasteiger partial charge is 0.497 e. The highest BCUT2D eigenvalue weighted by atomic mass is 16.5. The number of hydrogen-bond acceptors (Lipinski definition) is 4. The molecule has 1 fully saturated rings. The van der Waals surface area contributed by atoms with Crippen LogP contribution in [0.15, 0.2) is 85.3 Å². The lowest BCUT2D eigenvalue weighted by molar-refractivity contribution is 0.415. The van der Waals surface area contributed by atoms with Gasteiger partial charge in [0.2, 0.25) is 0 Å². The van der Waals surface area contributed by atoms with Crippen LogP contribution >= 0.6 is 0 Å². The second-order valence-corrected chi connectivity index (χ2v) is 9.01. The van der Waals surface area contributed by atoms with Crippen LogP contribution in [0.4, 0.5) is 5.69 Å². The lowest BCUT2D eigenvalue weighted by Gasteiger charge is -2.08. The molecule has 0 amide bonds. The van der Waals surface area contributed by atoms with Gasteiger partial charge >= 0.3 is 0 Å². The van der Waals surface area contributed by atoms with Gasteiger partial charge in [0.25, 0.3) is 0 Å². The Balaban J connectivity index is 1.52. The Kier molecular flexibility index (Phi) is 5.02. The van der Waals surface area contributed by atoms with E-state index < -0.39 is 0 Å². The molecule has 2 heterocycles. The summed E-state index contributed by atoms with van der Waals surface area (Å²) in [5.41, 5.74) is 13.6. The molecule has 0 bridgehead atoms. The van der Waals surface area contributed by atoms with E-state index in [0.29, 0.717) is 0 Å². The third kappa shape index (κ3) is 3.90. The molecule has 168 valence electrons. The summed E-state index contributed by atoms with van der Waals surface area (Å²) in [6.45, 7) is 0. The minimum atomic E-state index is 0.752. The van der Waals surface area contributed by atoms with E-state index in [0.717, 1.165) is 68.4 Å². The Labute approximate surface area is 198 Å². The normalized spacial score (nSPS) is 13.3. The SMILES string of the molecule is COc1ccc(-c2ccc3c(-c4cccc(N)c4)cn(-c4cc(CC5CC5)ncn4)c3c2)cc1. The van der Waals surface area contributed by atoms with Crippen molar-refractivity contribution in [2.75, 3.05) is 12.8 Å². The molecule has 6 rings (SSSR count). The molecule has 0 atom stereocenters. The zero-order valence-corrected chi connectivity index (χ0v) is 19.1. The van der Waals surface area contributed by atoms with Gasteiger partial charge in [0, 0.05) is 34.6 Å². The molecule has 0 unspecified atom stereocenters. The molecule has 0 spiro atoms. The van der Waals surface area contributed by atoms with Gasteiger partial charge in [0.1, 0.15) is 17.9 Å². The number of benzene rings is 3. The highest BCUT2D eigenvalue weighted by Crippen LogP contribution is 2.36. The van der Waals surface area contributed by atoms with E-state index in [9.17, 15) is 0 Å². The summed E-state index contributed by atoms with van der Waals surface area (Å²) in [4.78, 5) is 9.18. The molecule has 5 heteroatoms. The Morgan fingerprint density at radius 3 is 2.50 bits per heavy atom. The van der Waals surface area contributed by atoms with E-state index in [4.69, 9.17) is 10.5 Å². The second-order valence-electron chi connectivity index (χ2n) is 9.01. The summed E-state index contributed by atoms with van der Waals surface area (Å²) in [5, 5.41) is 1.16. The number of nitrogens with zero attached hydrogens (tertiary/aromatic N) is 3. The predicted octanol–water partition coefficient (Wildman–Crippen LogP) is 6.30. The number of rotatable bonds is 6. The van der Waals surface area contributed by atoms with Crippen LogP contribution in [-0.4, -0.2) is 21.6 Å². The van der Waals surface area contributed by atoms with Crippen molar-refractivity contribution in [3.05, 3.63) is 91.0 Å². The van der Waals surface area contributed by atoms with E-state index in [1.807, 2.05) is 30.3 Å². The van der Waals surface area contributed by atoms with Gasteiger partial charge in [-0.3, -0.25) is 0 Å². The molecule has 5 aromatic rings. The summed E-state index contributed by atoms with van der Waals surface area (Å²) < 4.78 is 7.51. The van der Waals surface area contributed by atoms with E-state index >= 15 is 0 Å². The number of nitrogen functional groups attached to an aromatic ring is 1. The Bertz CT molecular complexity index is 1480. The highest BCUT2D eigenvalue weighted by molar-refractivity contribution is 5.99. The van der Waals surface area contributed by atoms with Gasteiger partial charge in [-0.05, 0) is 72.2 Å². The van der Waals surface area contributed by atoms with Crippen molar-refractivity contribution in [3.63, 3.8) is 0 Å². The molecule has 1 aliphatic rings. The van der Waals surface area contributed by atoms with Gasteiger partial charge < -0.3 is 15.0 Å². The molecule has 1 saturated carbocycles. The molecule has 0 saturated heterocycles. The standard InChI is InChI=1S/C29H26N4O/c1-34-25-10-7-20(8-11-25)21-9-12-26-27(22-3-2-4-23(30)14-22)17-33(28(26)15-21)29-16-24(31-18-32-29)13-19-5-6-19/h2-4,7-12,14-19H,5-6,13,30H2,1H3. The molecular weight excluding hydrogens is 420 g/mol. The summed E-state index contributed by atoms with van der Waals surface area (Å²) in [6, 6.07) is 24.9. The number of fused-ring (bicyclic) bond motifs is 1. The van der Waals surface area contributed by atoms with E-state index in [-0.39, 0.29) is 0 Å².